The molecule has 7 nitrogen and oxygen atoms in total. The number of carbonyl (C=O) groups is 3. The Bertz CT molecular complexity index is 534. The van der Waals surface area contributed by atoms with Gasteiger partial charge in [-0.25, -0.2) is 4.79 Å². The number of amides is 4. The number of carbonyl (C=O) groups excluding carboxylic acids is 3. The van der Waals surface area contributed by atoms with Crippen molar-refractivity contribution >= 4 is 30.3 Å². The van der Waals surface area contributed by atoms with E-state index in [4.69, 9.17) is 5.73 Å². The van der Waals surface area contributed by atoms with Crippen molar-refractivity contribution < 1.29 is 14.4 Å². The highest BCUT2D eigenvalue weighted by Gasteiger charge is 2.52. The van der Waals surface area contributed by atoms with Gasteiger partial charge in [-0.05, 0) is 50.5 Å². The van der Waals surface area contributed by atoms with Crippen LogP contribution in [0.1, 0.15) is 45.4 Å². The van der Waals surface area contributed by atoms with Gasteiger partial charge < -0.3 is 16.0 Å². The number of urea groups is 1. The molecule has 1 aliphatic carbocycles. The summed E-state index contributed by atoms with van der Waals surface area (Å²) in [6, 6.07) is -0.419. The van der Waals surface area contributed by atoms with E-state index in [2.05, 4.69) is 12.2 Å². The van der Waals surface area contributed by atoms with Crippen molar-refractivity contribution in [1.29, 1.82) is 0 Å². The molecule has 3 rings (SSSR count). The Balaban J connectivity index is 0.00000225. The van der Waals surface area contributed by atoms with Crippen molar-refractivity contribution in [1.82, 2.24) is 15.1 Å². The number of nitrogens with zero attached hydrogens (tertiary/aromatic N) is 2. The number of nitrogens with one attached hydrogen (secondary N) is 1. The van der Waals surface area contributed by atoms with Gasteiger partial charge in [0.05, 0.1) is 0 Å². The summed E-state index contributed by atoms with van der Waals surface area (Å²) in [5.41, 5.74) is 4.88. The molecule has 1 spiro atoms. The predicted octanol–water partition coefficient (Wildman–Crippen LogP) is 1.11. The van der Waals surface area contributed by atoms with Crippen LogP contribution in [0.4, 0.5) is 4.79 Å². The molecule has 1 saturated carbocycles. The van der Waals surface area contributed by atoms with Gasteiger partial charge >= 0.3 is 6.03 Å². The molecule has 3 N–H and O–H groups in total. The lowest BCUT2D eigenvalue weighted by Gasteiger charge is -2.34. The highest BCUT2D eigenvalue weighted by atomic mass is 35.5. The summed E-state index contributed by atoms with van der Waals surface area (Å²) in [5.74, 6) is 0.584. The van der Waals surface area contributed by atoms with Gasteiger partial charge in [-0.3, -0.25) is 14.5 Å². The van der Waals surface area contributed by atoms with Gasteiger partial charge in [0.2, 0.25) is 5.91 Å². The van der Waals surface area contributed by atoms with Gasteiger partial charge in [-0.1, -0.05) is 13.3 Å². The molecule has 8 heteroatoms. The third kappa shape index (κ3) is 3.77. The second kappa shape index (κ2) is 7.91. The average Bonchev–Trinajstić information content (AvgIpc) is 3.15. The standard InChI is InChI=1S/C17H28N4O3.ClH/c1-2-12-3-6-17(7-4-12)15(23)21(16(24)19-17)11-14(22)20-8-5-13(9-18)10-20;/h12-13H,2-11,18H2,1H3,(H,19,24);1H. The van der Waals surface area contributed by atoms with Gasteiger partial charge in [-0.15, -0.1) is 12.4 Å². The summed E-state index contributed by atoms with van der Waals surface area (Å²) >= 11 is 0. The van der Waals surface area contributed by atoms with Crippen LogP contribution >= 0.6 is 12.4 Å². The van der Waals surface area contributed by atoms with Crippen molar-refractivity contribution in [3.63, 3.8) is 0 Å². The number of hydrogen-bond acceptors (Lipinski definition) is 4. The molecule has 0 bridgehead atoms. The SMILES string of the molecule is CCC1CCC2(CC1)NC(=O)N(CC(=O)N1CCC(CN)C1)C2=O.Cl. The summed E-state index contributed by atoms with van der Waals surface area (Å²) in [6.07, 6.45) is 5.27. The number of hydrogen-bond donors (Lipinski definition) is 2. The molecule has 0 aromatic carbocycles. The zero-order valence-corrected chi connectivity index (χ0v) is 15.6. The number of rotatable bonds is 4. The zero-order valence-electron chi connectivity index (χ0n) is 14.8. The normalized spacial score (nSPS) is 32.1. The minimum absolute atomic E-state index is 0. The van der Waals surface area contributed by atoms with Crippen molar-refractivity contribution in [2.24, 2.45) is 17.6 Å². The average molecular weight is 373 g/mol. The van der Waals surface area contributed by atoms with Crippen molar-refractivity contribution in [2.45, 2.75) is 51.0 Å². The summed E-state index contributed by atoms with van der Waals surface area (Å²) in [5, 5.41) is 2.88. The smallest absolute Gasteiger partial charge is 0.325 e. The molecular formula is C17H29ClN4O3. The van der Waals surface area contributed by atoms with E-state index in [1.807, 2.05) is 0 Å². The number of nitrogens with two attached hydrogens (primary N) is 1. The molecule has 2 saturated heterocycles. The first-order valence-electron chi connectivity index (χ1n) is 9.11. The topological polar surface area (TPSA) is 95.7 Å². The number of imide groups is 1. The molecule has 0 aromatic rings. The molecule has 142 valence electrons. The van der Waals surface area contributed by atoms with E-state index in [1.54, 1.807) is 4.90 Å². The lowest BCUT2D eigenvalue weighted by atomic mass is 9.75. The summed E-state index contributed by atoms with van der Waals surface area (Å²) in [4.78, 5) is 40.4. The monoisotopic (exact) mass is 372 g/mol. The lowest BCUT2D eigenvalue weighted by Crippen LogP contribution is -2.50. The fraction of sp³-hybridized carbons (Fsp3) is 0.824. The molecule has 1 atom stereocenters. The van der Waals surface area contributed by atoms with Crippen molar-refractivity contribution in [3.8, 4) is 0 Å². The van der Waals surface area contributed by atoms with E-state index in [1.165, 1.54) is 0 Å². The van der Waals surface area contributed by atoms with Crippen LogP contribution in [0.15, 0.2) is 0 Å². The van der Waals surface area contributed by atoms with Crippen LogP contribution < -0.4 is 11.1 Å². The summed E-state index contributed by atoms with van der Waals surface area (Å²) in [6.45, 7) is 3.86. The van der Waals surface area contributed by atoms with Gasteiger partial charge in [0.1, 0.15) is 12.1 Å². The van der Waals surface area contributed by atoms with E-state index in [0.29, 0.717) is 44.3 Å². The molecule has 0 radical (unpaired) electrons. The van der Waals surface area contributed by atoms with Crippen LogP contribution in [0.25, 0.3) is 0 Å². The molecule has 2 aliphatic heterocycles. The van der Waals surface area contributed by atoms with E-state index in [9.17, 15) is 14.4 Å². The second-order valence-electron chi connectivity index (χ2n) is 7.49. The van der Waals surface area contributed by atoms with Crippen LogP contribution in [0.2, 0.25) is 0 Å². The fourth-order valence-corrected chi connectivity index (χ4v) is 4.22. The molecular weight excluding hydrogens is 344 g/mol. The quantitative estimate of drug-likeness (QED) is 0.722. The molecule has 1 unspecified atom stereocenters. The molecule has 3 aliphatic rings. The number of halogens is 1. The maximum Gasteiger partial charge on any atom is 0.325 e. The fourth-order valence-electron chi connectivity index (χ4n) is 4.22. The Morgan fingerprint density at radius 3 is 2.48 bits per heavy atom. The van der Waals surface area contributed by atoms with Crippen molar-refractivity contribution in [2.75, 3.05) is 26.2 Å². The third-order valence-electron chi connectivity index (χ3n) is 6.05. The first-order valence-corrected chi connectivity index (χ1v) is 9.11. The largest absolute Gasteiger partial charge is 0.341 e. The molecule has 25 heavy (non-hydrogen) atoms. The van der Waals surface area contributed by atoms with Crippen LogP contribution in [-0.4, -0.2) is 59.4 Å². The Morgan fingerprint density at radius 1 is 1.24 bits per heavy atom. The second-order valence-corrected chi connectivity index (χ2v) is 7.49. The van der Waals surface area contributed by atoms with Crippen LogP contribution in [-0.2, 0) is 9.59 Å². The number of likely N-dealkylation sites (tertiary alicyclic amines) is 1. The highest BCUT2D eigenvalue weighted by molar-refractivity contribution is 6.09. The van der Waals surface area contributed by atoms with Crippen LogP contribution in [0.3, 0.4) is 0 Å². The first kappa shape index (κ1) is 20.0. The van der Waals surface area contributed by atoms with Gasteiger partial charge in [0, 0.05) is 13.1 Å². The van der Waals surface area contributed by atoms with E-state index < -0.39 is 11.6 Å². The predicted molar refractivity (Wildman–Crippen MR) is 96.2 cm³/mol. The maximum absolute atomic E-state index is 12.8. The highest BCUT2D eigenvalue weighted by Crippen LogP contribution is 2.37. The minimum Gasteiger partial charge on any atom is -0.341 e. The Hall–Kier alpha value is -1.34. The molecule has 4 amide bonds. The molecule has 3 fully saturated rings. The Morgan fingerprint density at radius 2 is 1.92 bits per heavy atom. The van der Waals surface area contributed by atoms with Crippen molar-refractivity contribution in [3.05, 3.63) is 0 Å². The van der Waals surface area contributed by atoms with Crippen LogP contribution in [0.5, 0.6) is 0 Å². The van der Waals surface area contributed by atoms with Gasteiger partial charge in [0.25, 0.3) is 5.91 Å². The van der Waals surface area contributed by atoms with E-state index in [0.717, 1.165) is 30.6 Å². The summed E-state index contributed by atoms with van der Waals surface area (Å²) < 4.78 is 0. The first-order chi connectivity index (χ1) is 11.5. The summed E-state index contributed by atoms with van der Waals surface area (Å²) in [7, 11) is 0. The van der Waals surface area contributed by atoms with E-state index >= 15 is 0 Å². The zero-order chi connectivity index (χ0) is 17.3. The molecule has 2 heterocycles. The van der Waals surface area contributed by atoms with Crippen LogP contribution in [0, 0.1) is 11.8 Å². The van der Waals surface area contributed by atoms with E-state index in [-0.39, 0.29) is 30.8 Å². The minimum atomic E-state index is -0.770. The third-order valence-corrected chi connectivity index (χ3v) is 6.05. The maximum atomic E-state index is 12.8. The molecule has 0 aromatic heterocycles. The Labute approximate surface area is 155 Å². The Kier molecular flexibility index (Phi) is 6.32. The van der Waals surface area contributed by atoms with Gasteiger partial charge in [0.15, 0.2) is 0 Å². The van der Waals surface area contributed by atoms with Gasteiger partial charge in [-0.2, -0.15) is 0 Å². The lowest BCUT2D eigenvalue weighted by molar-refractivity contribution is -0.139.